The maximum Gasteiger partial charge on any atom is 0.305 e. The van der Waals surface area contributed by atoms with E-state index in [0.29, 0.717) is 19.6 Å². The predicted octanol–water partition coefficient (Wildman–Crippen LogP) is -1.36. The highest BCUT2D eigenvalue weighted by atomic mass is 16.4. The van der Waals surface area contributed by atoms with Crippen molar-refractivity contribution in [2.45, 2.75) is 19.4 Å². The molecule has 0 aromatic rings. The summed E-state index contributed by atoms with van der Waals surface area (Å²) in [4.78, 5) is 36.5. The summed E-state index contributed by atoms with van der Waals surface area (Å²) in [6.07, 6.45) is -0.341. The summed E-state index contributed by atoms with van der Waals surface area (Å²) in [5.41, 5.74) is 0. The molecule has 0 bridgehead atoms. The van der Waals surface area contributed by atoms with Crippen LogP contribution in [-0.2, 0) is 14.4 Å². The highest BCUT2D eigenvalue weighted by Gasteiger charge is 2.40. The minimum absolute atomic E-state index is 0.112. The number of rotatable bonds is 3. The first-order valence-corrected chi connectivity index (χ1v) is 6.51. The zero-order valence-corrected chi connectivity index (χ0v) is 10.9. The topological polar surface area (TPSA) is 98.7 Å². The molecule has 2 aliphatic heterocycles. The average molecular weight is 269 g/mol. The molecule has 2 aliphatic rings. The Morgan fingerprint density at radius 3 is 2.74 bits per heavy atom. The van der Waals surface area contributed by atoms with Crippen molar-refractivity contribution in [3.8, 4) is 0 Å². The summed E-state index contributed by atoms with van der Waals surface area (Å²) in [5.74, 6) is -1.51. The Hall–Kier alpha value is -1.63. The van der Waals surface area contributed by atoms with E-state index in [9.17, 15) is 14.4 Å². The molecule has 3 atom stereocenters. The minimum atomic E-state index is -1.07. The van der Waals surface area contributed by atoms with Crippen LogP contribution in [0.25, 0.3) is 0 Å². The molecule has 7 nitrogen and oxygen atoms in total. The number of amides is 2. The van der Waals surface area contributed by atoms with Crippen molar-refractivity contribution in [1.29, 1.82) is 0 Å². The standard InChI is InChI=1S/C12H19N3O4/c1-7-5-13-6-8(7)12(19)15-3-2-14-11(18)9(15)4-10(16)17/h7-9,13H,2-6H2,1H3,(H,14,18)(H,16,17). The number of carboxylic acid groups (broad SMARTS) is 1. The van der Waals surface area contributed by atoms with Gasteiger partial charge < -0.3 is 20.6 Å². The number of carbonyl (C=O) groups is 3. The Morgan fingerprint density at radius 2 is 2.16 bits per heavy atom. The number of aliphatic carboxylic acids is 1. The van der Waals surface area contributed by atoms with E-state index in [0.717, 1.165) is 6.54 Å². The first kappa shape index (κ1) is 13.8. The summed E-state index contributed by atoms with van der Waals surface area (Å²) in [5, 5.41) is 14.6. The molecule has 3 N–H and O–H groups in total. The van der Waals surface area contributed by atoms with Crippen molar-refractivity contribution in [2.24, 2.45) is 11.8 Å². The van der Waals surface area contributed by atoms with Gasteiger partial charge in [0.05, 0.1) is 12.3 Å². The third-order valence-corrected chi connectivity index (χ3v) is 3.82. The van der Waals surface area contributed by atoms with E-state index in [2.05, 4.69) is 10.6 Å². The second-order valence-electron chi connectivity index (χ2n) is 5.18. The van der Waals surface area contributed by atoms with Gasteiger partial charge in [0.2, 0.25) is 11.8 Å². The lowest BCUT2D eigenvalue weighted by Gasteiger charge is -2.36. The maximum absolute atomic E-state index is 12.5. The van der Waals surface area contributed by atoms with Crippen LogP contribution in [0.15, 0.2) is 0 Å². The molecule has 2 amide bonds. The molecule has 106 valence electrons. The third kappa shape index (κ3) is 2.86. The van der Waals surface area contributed by atoms with E-state index in [1.54, 1.807) is 0 Å². The smallest absolute Gasteiger partial charge is 0.305 e. The quantitative estimate of drug-likeness (QED) is 0.588. The van der Waals surface area contributed by atoms with Gasteiger partial charge in [-0.1, -0.05) is 6.92 Å². The fourth-order valence-corrected chi connectivity index (χ4v) is 2.70. The van der Waals surface area contributed by atoms with Gasteiger partial charge in [0, 0.05) is 19.6 Å². The fourth-order valence-electron chi connectivity index (χ4n) is 2.70. The zero-order chi connectivity index (χ0) is 14.0. The number of piperazine rings is 1. The number of hydrogen-bond donors (Lipinski definition) is 3. The van der Waals surface area contributed by atoms with Gasteiger partial charge in [0.25, 0.3) is 0 Å². The monoisotopic (exact) mass is 269 g/mol. The molecule has 0 spiro atoms. The van der Waals surface area contributed by atoms with Gasteiger partial charge in [-0.2, -0.15) is 0 Å². The largest absolute Gasteiger partial charge is 0.481 e. The summed E-state index contributed by atoms with van der Waals surface area (Å²) in [6, 6.07) is -0.883. The Balaban J connectivity index is 2.12. The van der Waals surface area contributed by atoms with Crippen LogP contribution < -0.4 is 10.6 Å². The number of hydrogen-bond acceptors (Lipinski definition) is 4. The van der Waals surface area contributed by atoms with Crippen LogP contribution in [0.4, 0.5) is 0 Å². The molecule has 2 rings (SSSR count). The molecule has 7 heteroatoms. The van der Waals surface area contributed by atoms with Crippen molar-refractivity contribution in [3.05, 3.63) is 0 Å². The average Bonchev–Trinajstić information content (AvgIpc) is 2.77. The normalized spacial score (nSPS) is 31.1. The molecular weight excluding hydrogens is 250 g/mol. The van der Waals surface area contributed by atoms with E-state index < -0.39 is 12.0 Å². The lowest BCUT2D eigenvalue weighted by Crippen LogP contribution is -2.59. The minimum Gasteiger partial charge on any atom is -0.481 e. The number of carbonyl (C=O) groups excluding carboxylic acids is 2. The molecule has 0 radical (unpaired) electrons. The van der Waals surface area contributed by atoms with Gasteiger partial charge in [-0.25, -0.2) is 0 Å². The van der Waals surface area contributed by atoms with Crippen molar-refractivity contribution in [2.75, 3.05) is 26.2 Å². The van der Waals surface area contributed by atoms with Gasteiger partial charge in [-0.3, -0.25) is 14.4 Å². The van der Waals surface area contributed by atoms with Crippen LogP contribution >= 0.6 is 0 Å². The van der Waals surface area contributed by atoms with E-state index >= 15 is 0 Å². The number of nitrogens with zero attached hydrogens (tertiary/aromatic N) is 1. The Bertz CT molecular complexity index is 398. The first-order chi connectivity index (χ1) is 9.00. The summed E-state index contributed by atoms with van der Waals surface area (Å²) in [6.45, 7) is 4.12. The summed E-state index contributed by atoms with van der Waals surface area (Å²) in [7, 11) is 0. The highest BCUT2D eigenvalue weighted by molar-refractivity contribution is 5.92. The Morgan fingerprint density at radius 1 is 1.42 bits per heavy atom. The van der Waals surface area contributed by atoms with E-state index in [1.807, 2.05) is 6.92 Å². The van der Waals surface area contributed by atoms with Crippen LogP contribution in [0.5, 0.6) is 0 Å². The van der Waals surface area contributed by atoms with Gasteiger partial charge in [-0.05, 0) is 12.5 Å². The highest BCUT2D eigenvalue weighted by Crippen LogP contribution is 2.21. The fraction of sp³-hybridized carbons (Fsp3) is 0.750. The van der Waals surface area contributed by atoms with Gasteiger partial charge >= 0.3 is 5.97 Å². The molecule has 0 saturated carbocycles. The molecule has 2 heterocycles. The first-order valence-electron chi connectivity index (χ1n) is 6.51. The summed E-state index contributed by atoms with van der Waals surface area (Å²) >= 11 is 0. The van der Waals surface area contributed by atoms with Crippen LogP contribution in [0.1, 0.15) is 13.3 Å². The molecule has 0 aromatic heterocycles. The second-order valence-corrected chi connectivity index (χ2v) is 5.18. The van der Waals surface area contributed by atoms with Crippen molar-refractivity contribution >= 4 is 17.8 Å². The molecule has 19 heavy (non-hydrogen) atoms. The second kappa shape index (κ2) is 5.56. The predicted molar refractivity (Wildman–Crippen MR) is 66.3 cm³/mol. The Labute approximate surface area is 111 Å². The molecule has 0 aliphatic carbocycles. The van der Waals surface area contributed by atoms with Crippen LogP contribution in [0.3, 0.4) is 0 Å². The number of nitrogens with one attached hydrogen (secondary N) is 2. The molecule has 3 unspecified atom stereocenters. The van der Waals surface area contributed by atoms with Crippen molar-refractivity contribution in [1.82, 2.24) is 15.5 Å². The molecule has 0 aromatic carbocycles. The van der Waals surface area contributed by atoms with Crippen molar-refractivity contribution in [3.63, 3.8) is 0 Å². The van der Waals surface area contributed by atoms with E-state index in [4.69, 9.17) is 5.11 Å². The lowest BCUT2D eigenvalue weighted by molar-refractivity contribution is -0.150. The van der Waals surface area contributed by atoms with Gasteiger partial charge in [-0.15, -0.1) is 0 Å². The van der Waals surface area contributed by atoms with E-state index in [-0.39, 0.29) is 30.1 Å². The summed E-state index contributed by atoms with van der Waals surface area (Å²) < 4.78 is 0. The van der Waals surface area contributed by atoms with Gasteiger partial charge in [0.1, 0.15) is 6.04 Å². The number of carboxylic acids is 1. The molecule has 2 saturated heterocycles. The lowest BCUT2D eigenvalue weighted by atomic mass is 9.95. The SMILES string of the molecule is CC1CNCC1C(=O)N1CCNC(=O)C1CC(=O)O. The Kier molecular flexibility index (Phi) is 4.04. The van der Waals surface area contributed by atoms with Crippen LogP contribution in [0.2, 0.25) is 0 Å². The van der Waals surface area contributed by atoms with Gasteiger partial charge in [0.15, 0.2) is 0 Å². The third-order valence-electron chi connectivity index (χ3n) is 3.82. The molecular formula is C12H19N3O4. The molecule has 2 fully saturated rings. The zero-order valence-electron chi connectivity index (χ0n) is 10.9. The van der Waals surface area contributed by atoms with Crippen LogP contribution in [-0.4, -0.2) is 60.0 Å². The van der Waals surface area contributed by atoms with Crippen LogP contribution in [0, 0.1) is 11.8 Å². The van der Waals surface area contributed by atoms with Crippen molar-refractivity contribution < 1.29 is 19.5 Å². The van der Waals surface area contributed by atoms with E-state index in [1.165, 1.54) is 4.90 Å². The maximum atomic E-state index is 12.5.